The molecule has 32 heavy (non-hydrogen) atoms. The van der Waals surface area contributed by atoms with E-state index in [4.69, 9.17) is 21.6 Å². The molecule has 162 valence electrons. The van der Waals surface area contributed by atoms with Crippen molar-refractivity contribution in [3.63, 3.8) is 0 Å². The molecule has 2 heterocycles. The number of nitrogens with zero attached hydrogens (tertiary/aromatic N) is 3. The van der Waals surface area contributed by atoms with Crippen LogP contribution < -0.4 is 0 Å². The minimum atomic E-state index is 0.0374. The third kappa shape index (κ3) is 4.68. The van der Waals surface area contributed by atoms with Crippen LogP contribution in [-0.4, -0.2) is 27.0 Å². The third-order valence-corrected chi connectivity index (χ3v) is 7.67. The van der Waals surface area contributed by atoms with Gasteiger partial charge in [0.05, 0.1) is 10.6 Å². The summed E-state index contributed by atoms with van der Waals surface area (Å²) in [4.78, 5) is 25.6. The number of carbonyl (C=O) groups excluding carboxylic acids is 1. The normalized spacial score (nSPS) is 19.9. The highest BCUT2D eigenvalue weighted by atomic mass is 35.5. The van der Waals surface area contributed by atoms with Gasteiger partial charge in [-0.25, -0.2) is 4.98 Å². The van der Waals surface area contributed by atoms with Crippen molar-refractivity contribution in [3.8, 4) is 11.3 Å². The molecular weight excluding hydrogens is 458 g/mol. The molecule has 0 bridgehead atoms. The van der Waals surface area contributed by atoms with Gasteiger partial charge in [-0.15, -0.1) is 11.3 Å². The fraction of sp³-hybridized carbons (Fsp3) is 0.240. The van der Waals surface area contributed by atoms with Crippen molar-refractivity contribution < 1.29 is 4.79 Å². The number of aromatic nitrogens is 1. The second kappa shape index (κ2) is 9.61. The van der Waals surface area contributed by atoms with E-state index in [-0.39, 0.29) is 11.9 Å². The van der Waals surface area contributed by atoms with E-state index in [0.717, 1.165) is 47.7 Å². The second-order valence-electron chi connectivity index (χ2n) is 7.90. The highest BCUT2D eigenvalue weighted by molar-refractivity contribution is 8.18. The van der Waals surface area contributed by atoms with Crippen LogP contribution in [0, 0.1) is 0 Å². The Hall–Kier alpha value is -2.41. The largest absolute Gasteiger partial charge is 0.283 e. The first-order valence-electron chi connectivity index (χ1n) is 10.8. The summed E-state index contributed by atoms with van der Waals surface area (Å²) in [5, 5.41) is 4.11. The van der Waals surface area contributed by atoms with Crippen molar-refractivity contribution >= 4 is 57.0 Å². The van der Waals surface area contributed by atoms with Gasteiger partial charge in [0.1, 0.15) is 0 Å². The van der Waals surface area contributed by atoms with Crippen LogP contribution in [-0.2, 0) is 4.79 Å². The van der Waals surface area contributed by atoms with Crippen LogP contribution in [0.3, 0.4) is 0 Å². The molecule has 1 aromatic heterocycles. The number of halogens is 1. The lowest BCUT2D eigenvalue weighted by molar-refractivity contribution is -0.124. The molecule has 0 atom stereocenters. The number of thiazole rings is 1. The van der Waals surface area contributed by atoms with E-state index >= 15 is 0 Å². The second-order valence-corrected chi connectivity index (χ2v) is 10.2. The molecule has 1 saturated carbocycles. The van der Waals surface area contributed by atoms with E-state index < -0.39 is 0 Å². The molecule has 2 aliphatic rings. The van der Waals surface area contributed by atoms with Gasteiger partial charge in [-0.2, -0.15) is 4.99 Å². The number of aliphatic imine (C=N–C) groups is 1. The molecule has 0 radical (unpaired) electrons. The van der Waals surface area contributed by atoms with Crippen LogP contribution in [0.2, 0.25) is 5.02 Å². The Labute approximate surface area is 201 Å². The number of rotatable bonds is 4. The number of carbonyl (C=O) groups is 1. The number of benzene rings is 2. The monoisotopic (exact) mass is 479 g/mol. The SMILES string of the molecule is O=C1/C(=C/c2ccc(Cl)cc2)S/C(=N/c2nc(-c3ccccc3)cs2)N1C1CCCCC1. The summed E-state index contributed by atoms with van der Waals surface area (Å²) in [5.74, 6) is 0.0374. The van der Waals surface area contributed by atoms with Crippen LogP contribution >= 0.6 is 34.7 Å². The fourth-order valence-electron chi connectivity index (χ4n) is 4.08. The van der Waals surface area contributed by atoms with E-state index in [0.29, 0.717) is 15.1 Å². The van der Waals surface area contributed by atoms with E-state index in [1.54, 1.807) is 0 Å². The number of amidine groups is 1. The minimum Gasteiger partial charge on any atom is -0.283 e. The molecule has 7 heteroatoms. The van der Waals surface area contributed by atoms with Crippen LogP contribution in [0.4, 0.5) is 5.13 Å². The lowest BCUT2D eigenvalue weighted by Gasteiger charge is -2.30. The predicted octanol–water partition coefficient (Wildman–Crippen LogP) is 7.40. The van der Waals surface area contributed by atoms with Crippen LogP contribution in [0.15, 0.2) is 69.9 Å². The van der Waals surface area contributed by atoms with Crippen molar-refractivity contribution in [2.45, 2.75) is 38.1 Å². The number of hydrogen-bond acceptors (Lipinski definition) is 5. The van der Waals surface area contributed by atoms with Gasteiger partial charge in [-0.3, -0.25) is 9.69 Å². The molecule has 1 aliphatic heterocycles. The number of hydrogen-bond donors (Lipinski definition) is 0. The molecule has 2 fully saturated rings. The molecule has 3 aromatic rings. The Morgan fingerprint density at radius 2 is 1.78 bits per heavy atom. The smallest absolute Gasteiger partial charge is 0.267 e. The summed E-state index contributed by atoms with van der Waals surface area (Å²) in [6.45, 7) is 0. The molecule has 0 spiro atoms. The van der Waals surface area contributed by atoms with Gasteiger partial charge in [0, 0.05) is 22.0 Å². The Kier molecular flexibility index (Phi) is 6.44. The average Bonchev–Trinajstić information content (AvgIpc) is 3.41. The van der Waals surface area contributed by atoms with E-state index in [9.17, 15) is 4.79 Å². The topological polar surface area (TPSA) is 45.6 Å². The third-order valence-electron chi connectivity index (χ3n) is 5.70. The van der Waals surface area contributed by atoms with Crippen LogP contribution in [0.25, 0.3) is 17.3 Å². The van der Waals surface area contributed by atoms with E-state index in [1.807, 2.05) is 71.0 Å². The number of amides is 1. The van der Waals surface area contributed by atoms with E-state index in [2.05, 4.69) is 0 Å². The zero-order chi connectivity index (χ0) is 21.9. The first kappa shape index (κ1) is 21.4. The quantitative estimate of drug-likeness (QED) is 0.366. The van der Waals surface area contributed by atoms with Gasteiger partial charge in [-0.05, 0) is 48.4 Å². The first-order valence-corrected chi connectivity index (χ1v) is 12.8. The zero-order valence-corrected chi connectivity index (χ0v) is 19.8. The Morgan fingerprint density at radius 1 is 1.03 bits per heavy atom. The maximum absolute atomic E-state index is 13.4. The van der Waals surface area contributed by atoms with Crippen molar-refractivity contribution in [1.29, 1.82) is 0 Å². The lowest BCUT2D eigenvalue weighted by Crippen LogP contribution is -2.40. The van der Waals surface area contributed by atoms with Crippen LogP contribution in [0.1, 0.15) is 37.7 Å². The molecule has 1 saturated heterocycles. The van der Waals surface area contributed by atoms with Gasteiger partial charge in [-0.1, -0.05) is 73.3 Å². The number of thioether (sulfide) groups is 1. The molecular formula is C25H22ClN3OS2. The molecule has 2 aromatic carbocycles. The fourth-order valence-corrected chi connectivity index (χ4v) is 5.99. The van der Waals surface area contributed by atoms with Gasteiger partial charge in [0.25, 0.3) is 5.91 Å². The highest BCUT2D eigenvalue weighted by Crippen LogP contribution is 2.39. The van der Waals surface area contributed by atoms with Gasteiger partial charge in [0.15, 0.2) is 5.17 Å². The van der Waals surface area contributed by atoms with Gasteiger partial charge >= 0.3 is 0 Å². The lowest BCUT2D eigenvalue weighted by atomic mass is 9.94. The summed E-state index contributed by atoms with van der Waals surface area (Å²) >= 11 is 8.96. The van der Waals surface area contributed by atoms with E-state index in [1.165, 1.54) is 29.5 Å². The van der Waals surface area contributed by atoms with Crippen molar-refractivity contribution in [2.24, 2.45) is 4.99 Å². The zero-order valence-electron chi connectivity index (χ0n) is 17.4. The molecule has 4 nitrogen and oxygen atoms in total. The van der Waals surface area contributed by atoms with Gasteiger partial charge < -0.3 is 0 Å². The average molecular weight is 480 g/mol. The Balaban J connectivity index is 1.47. The highest BCUT2D eigenvalue weighted by Gasteiger charge is 2.38. The summed E-state index contributed by atoms with van der Waals surface area (Å²) in [6, 6.07) is 17.8. The summed E-state index contributed by atoms with van der Waals surface area (Å²) < 4.78 is 0. The molecule has 1 aliphatic carbocycles. The summed E-state index contributed by atoms with van der Waals surface area (Å²) in [7, 11) is 0. The Bertz CT molecular complexity index is 1170. The molecule has 1 amide bonds. The predicted molar refractivity (Wildman–Crippen MR) is 135 cm³/mol. The van der Waals surface area contributed by atoms with Crippen molar-refractivity contribution in [3.05, 3.63) is 75.5 Å². The van der Waals surface area contributed by atoms with Gasteiger partial charge in [0.2, 0.25) is 5.13 Å². The van der Waals surface area contributed by atoms with Crippen molar-refractivity contribution in [2.75, 3.05) is 0 Å². The summed E-state index contributed by atoms with van der Waals surface area (Å²) in [5.41, 5.74) is 2.93. The standard InChI is InChI=1S/C25H22ClN3OS2/c26-19-13-11-17(12-14-19)15-22-23(30)29(20-9-5-2-6-10-20)25(32-22)28-24-27-21(16-31-24)18-7-3-1-4-8-18/h1,3-4,7-8,11-16,20H,2,5-6,9-10H2/b22-15-,28-25+. The molecule has 0 N–H and O–H groups in total. The maximum atomic E-state index is 13.4. The summed E-state index contributed by atoms with van der Waals surface area (Å²) in [6.07, 6.45) is 7.51. The maximum Gasteiger partial charge on any atom is 0.267 e. The first-order chi connectivity index (χ1) is 15.7. The molecule has 0 unspecified atom stereocenters. The Morgan fingerprint density at radius 3 is 2.53 bits per heavy atom. The van der Waals surface area contributed by atoms with Crippen LogP contribution in [0.5, 0.6) is 0 Å². The van der Waals surface area contributed by atoms with Crippen molar-refractivity contribution in [1.82, 2.24) is 9.88 Å². The molecule has 5 rings (SSSR count). The minimum absolute atomic E-state index is 0.0374.